The highest BCUT2D eigenvalue weighted by Crippen LogP contribution is 2.43. The fourth-order valence-electron chi connectivity index (χ4n) is 7.46. The van der Waals surface area contributed by atoms with Crippen LogP contribution in [-0.4, -0.2) is 9.13 Å². The highest BCUT2D eigenvalue weighted by atomic mass is 32.1. The van der Waals surface area contributed by atoms with Crippen molar-refractivity contribution in [3.63, 3.8) is 0 Å². The summed E-state index contributed by atoms with van der Waals surface area (Å²) in [7, 11) is 0. The van der Waals surface area contributed by atoms with Crippen LogP contribution in [0.15, 0.2) is 158 Å². The van der Waals surface area contributed by atoms with Crippen molar-refractivity contribution < 1.29 is 0 Å². The molecule has 0 saturated carbocycles. The number of aromatic nitrogens is 2. The van der Waals surface area contributed by atoms with Crippen molar-refractivity contribution in [2.24, 2.45) is 0 Å². The maximum Gasteiger partial charge on any atom is 0.0548 e. The Balaban J connectivity index is 1.23. The Morgan fingerprint density at radius 3 is 1.53 bits per heavy atom. The van der Waals surface area contributed by atoms with Gasteiger partial charge in [0, 0.05) is 53.1 Å². The molecule has 0 aliphatic heterocycles. The summed E-state index contributed by atoms with van der Waals surface area (Å²) in [6, 6.07) is 57.5. The third-order valence-electron chi connectivity index (χ3n) is 9.33. The molecule has 10 rings (SSSR count). The number of fused-ring (bicyclic) bond motifs is 10. The summed E-state index contributed by atoms with van der Waals surface area (Å²) < 4.78 is 7.50. The molecule has 0 aliphatic carbocycles. The van der Waals surface area contributed by atoms with Crippen molar-refractivity contribution in [2.75, 3.05) is 0 Å². The Bertz CT molecular complexity index is 2740. The Morgan fingerprint density at radius 2 is 0.867 bits per heavy atom. The van der Waals surface area contributed by atoms with Gasteiger partial charge in [-0.3, -0.25) is 0 Å². The third-order valence-corrected chi connectivity index (χ3v) is 10.5. The molecule has 0 N–H and O–H groups in total. The van der Waals surface area contributed by atoms with Gasteiger partial charge in [0.25, 0.3) is 0 Å². The number of hydrogen-bond donors (Lipinski definition) is 0. The maximum atomic E-state index is 2.43. The van der Waals surface area contributed by atoms with Gasteiger partial charge in [-0.05, 0) is 71.8 Å². The average molecular weight is 591 g/mol. The standard InChI is InChI=1S/C42H26N2S/c1-2-11-28(12-3-1)43-34-17-7-4-13-31(34)41-36(43)25-26-37-42(41)32-14-5-8-18-35(32)44(37)29-23-21-27(22-24-29)30-16-10-20-39-40(30)33-15-6-9-19-38(33)45-39/h1-26H. The minimum absolute atomic E-state index is 1.17. The Morgan fingerprint density at radius 1 is 0.333 bits per heavy atom. The van der Waals surface area contributed by atoms with Gasteiger partial charge in [-0.1, -0.05) is 97.1 Å². The third kappa shape index (κ3) is 3.50. The lowest BCUT2D eigenvalue weighted by molar-refractivity contribution is 1.17. The van der Waals surface area contributed by atoms with Gasteiger partial charge in [0.2, 0.25) is 0 Å². The van der Waals surface area contributed by atoms with E-state index in [1.54, 1.807) is 0 Å². The molecule has 3 aromatic heterocycles. The van der Waals surface area contributed by atoms with Crippen molar-refractivity contribution in [3.8, 4) is 22.5 Å². The van der Waals surface area contributed by atoms with Gasteiger partial charge in [-0.25, -0.2) is 0 Å². The van der Waals surface area contributed by atoms with Crippen LogP contribution in [0, 0.1) is 0 Å². The smallest absolute Gasteiger partial charge is 0.0548 e. The van der Waals surface area contributed by atoms with Crippen LogP contribution < -0.4 is 0 Å². The summed E-state index contributed by atoms with van der Waals surface area (Å²) in [6.07, 6.45) is 0. The van der Waals surface area contributed by atoms with E-state index in [4.69, 9.17) is 0 Å². The van der Waals surface area contributed by atoms with Crippen LogP contribution in [0.4, 0.5) is 0 Å². The SMILES string of the molecule is c1ccc(-n2c3ccccc3c3c4c5ccccc5n(-c5ccc(-c6cccc7sc8ccccc8c67)cc5)c4ccc32)cc1. The lowest BCUT2D eigenvalue weighted by atomic mass is 9.99. The Kier molecular flexibility index (Phi) is 5.19. The molecule has 210 valence electrons. The first-order valence-electron chi connectivity index (χ1n) is 15.4. The number of rotatable bonds is 3. The van der Waals surface area contributed by atoms with Gasteiger partial charge in [-0.2, -0.15) is 0 Å². The van der Waals surface area contributed by atoms with E-state index in [1.165, 1.54) is 86.3 Å². The van der Waals surface area contributed by atoms with Crippen molar-refractivity contribution >= 4 is 75.1 Å². The van der Waals surface area contributed by atoms with Crippen molar-refractivity contribution in [1.29, 1.82) is 0 Å². The molecule has 0 saturated heterocycles. The molecule has 0 radical (unpaired) electrons. The molecule has 2 nitrogen and oxygen atoms in total. The van der Waals surface area contributed by atoms with Crippen LogP contribution in [0.1, 0.15) is 0 Å². The van der Waals surface area contributed by atoms with E-state index in [2.05, 4.69) is 167 Å². The molecule has 45 heavy (non-hydrogen) atoms. The number of para-hydroxylation sites is 3. The molecule has 3 heteroatoms. The quantitative estimate of drug-likeness (QED) is 0.194. The van der Waals surface area contributed by atoms with Crippen LogP contribution in [0.3, 0.4) is 0 Å². The molecule has 0 aliphatic rings. The van der Waals surface area contributed by atoms with Gasteiger partial charge in [0.05, 0.1) is 22.1 Å². The molecule has 7 aromatic carbocycles. The van der Waals surface area contributed by atoms with Crippen LogP contribution in [0.5, 0.6) is 0 Å². The first kappa shape index (κ1) is 24.8. The average Bonchev–Trinajstić information content (AvgIpc) is 3.76. The number of thiophene rings is 1. The van der Waals surface area contributed by atoms with Crippen molar-refractivity contribution in [3.05, 3.63) is 158 Å². The summed E-state index contributed by atoms with van der Waals surface area (Å²) >= 11 is 1.87. The second-order valence-electron chi connectivity index (χ2n) is 11.7. The van der Waals surface area contributed by atoms with E-state index >= 15 is 0 Å². The molecular weight excluding hydrogens is 565 g/mol. The Hall–Kier alpha value is -5.64. The minimum atomic E-state index is 1.17. The van der Waals surface area contributed by atoms with E-state index in [0.29, 0.717) is 0 Å². The fraction of sp³-hybridized carbons (Fsp3) is 0. The van der Waals surface area contributed by atoms with Crippen molar-refractivity contribution in [1.82, 2.24) is 9.13 Å². The summed E-state index contributed by atoms with van der Waals surface area (Å²) in [5, 5.41) is 7.82. The van der Waals surface area contributed by atoms with Crippen LogP contribution in [0.25, 0.3) is 86.3 Å². The molecule has 3 heterocycles. The maximum absolute atomic E-state index is 2.43. The molecule has 0 unspecified atom stereocenters. The second-order valence-corrected chi connectivity index (χ2v) is 12.8. The highest BCUT2D eigenvalue weighted by Gasteiger charge is 2.20. The number of benzene rings is 7. The van der Waals surface area contributed by atoms with E-state index in [9.17, 15) is 0 Å². The summed E-state index contributed by atoms with van der Waals surface area (Å²) in [5.74, 6) is 0. The zero-order valence-corrected chi connectivity index (χ0v) is 25.1. The normalized spacial score (nSPS) is 12.0. The van der Waals surface area contributed by atoms with Crippen LogP contribution in [0.2, 0.25) is 0 Å². The highest BCUT2D eigenvalue weighted by molar-refractivity contribution is 7.25. The van der Waals surface area contributed by atoms with Crippen molar-refractivity contribution in [2.45, 2.75) is 0 Å². The number of hydrogen-bond acceptors (Lipinski definition) is 1. The van der Waals surface area contributed by atoms with E-state index in [0.717, 1.165) is 0 Å². The van der Waals surface area contributed by atoms with Gasteiger partial charge >= 0.3 is 0 Å². The Labute approximate surface area is 263 Å². The zero-order valence-electron chi connectivity index (χ0n) is 24.3. The molecule has 10 aromatic rings. The molecule has 0 fully saturated rings. The molecular formula is C42H26N2S. The van der Waals surface area contributed by atoms with E-state index in [-0.39, 0.29) is 0 Å². The van der Waals surface area contributed by atoms with Crippen LogP contribution >= 0.6 is 11.3 Å². The molecule has 0 atom stereocenters. The molecule has 0 bridgehead atoms. The second kappa shape index (κ2) is 9.43. The monoisotopic (exact) mass is 590 g/mol. The van der Waals surface area contributed by atoms with E-state index < -0.39 is 0 Å². The van der Waals surface area contributed by atoms with E-state index in [1.807, 2.05) is 11.3 Å². The lowest BCUT2D eigenvalue weighted by Gasteiger charge is -2.11. The predicted molar refractivity (Wildman–Crippen MR) is 193 cm³/mol. The minimum Gasteiger partial charge on any atom is -0.309 e. The van der Waals surface area contributed by atoms with Crippen LogP contribution in [-0.2, 0) is 0 Å². The molecule has 0 spiro atoms. The summed E-state index contributed by atoms with van der Waals surface area (Å²) in [6.45, 7) is 0. The molecule has 0 amide bonds. The van der Waals surface area contributed by atoms with Gasteiger partial charge in [0.1, 0.15) is 0 Å². The fourth-order valence-corrected chi connectivity index (χ4v) is 8.59. The largest absolute Gasteiger partial charge is 0.309 e. The first-order valence-corrected chi connectivity index (χ1v) is 16.2. The predicted octanol–water partition coefficient (Wildman–Crippen LogP) is 11.9. The van der Waals surface area contributed by atoms with Gasteiger partial charge < -0.3 is 9.13 Å². The first-order chi connectivity index (χ1) is 22.3. The summed E-state index contributed by atoms with van der Waals surface area (Å²) in [4.78, 5) is 0. The van der Waals surface area contributed by atoms with Gasteiger partial charge in [0.15, 0.2) is 0 Å². The summed E-state index contributed by atoms with van der Waals surface area (Å²) in [5.41, 5.74) is 9.76. The zero-order chi connectivity index (χ0) is 29.5. The lowest BCUT2D eigenvalue weighted by Crippen LogP contribution is -1.94. The topological polar surface area (TPSA) is 9.86 Å². The van der Waals surface area contributed by atoms with Gasteiger partial charge in [-0.15, -0.1) is 11.3 Å². The number of nitrogens with zero attached hydrogens (tertiary/aromatic N) is 2.